The number of ether oxygens (including phenoxy) is 1. The van der Waals surface area contributed by atoms with E-state index in [1.807, 2.05) is 0 Å². The summed E-state index contributed by atoms with van der Waals surface area (Å²) in [5, 5.41) is 0. The molecular formula is C17H14FN3O4. The molecule has 0 aliphatic carbocycles. The van der Waals surface area contributed by atoms with Crippen LogP contribution in [0.15, 0.2) is 27.8 Å². The molecule has 0 fully saturated rings. The second-order valence-electron chi connectivity index (χ2n) is 5.37. The summed E-state index contributed by atoms with van der Waals surface area (Å²) in [4.78, 5) is 40.2. The number of carbonyl (C=O) groups is 1. The molecule has 1 aromatic carbocycles. The number of anilines is 1. The van der Waals surface area contributed by atoms with Gasteiger partial charge >= 0.3 is 5.69 Å². The van der Waals surface area contributed by atoms with Crippen LogP contribution in [0, 0.1) is 18.2 Å². The highest BCUT2D eigenvalue weighted by Gasteiger charge is 2.27. The van der Waals surface area contributed by atoms with Gasteiger partial charge in [0.2, 0.25) is 0 Å². The minimum absolute atomic E-state index is 0.0414. The first kappa shape index (κ1) is 16.5. The Morgan fingerprint density at radius 3 is 2.68 bits per heavy atom. The Kier molecular flexibility index (Phi) is 4.15. The summed E-state index contributed by atoms with van der Waals surface area (Å²) in [5.41, 5.74) is -1.08. The van der Waals surface area contributed by atoms with Gasteiger partial charge in [-0.2, -0.15) is 0 Å². The van der Waals surface area contributed by atoms with Gasteiger partial charge in [0.1, 0.15) is 5.75 Å². The summed E-state index contributed by atoms with van der Waals surface area (Å²) in [5.74, 6) is 1.23. The third kappa shape index (κ3) is 2.80. The molecular weight excluding hydrogens is 329 g/mol. The molecule has 2 heterocycles. The van der Waals surface area contributed by atoms with Gasteiger partial charge in [-0.25, -0.2) is 13.8 Å². The highest BCUT2D eigenvalue weighted by Crippen LogP contribution is 2.35. The maximum atomic E-state index is 14.5. The largest absolute Gasteiger partial charge is 0.481 e. The van der Waals surface area contributed by atoms with E-state index < -0.39 is 23.0 Å². The van der Waals surface area contributed by atoms with E-state index in [0.717, 1.165) is 6.07 Å². The Morgan fingerprint density at radius 1 is 1.28 bits per heavy atom. The first-order valence-corrected chi connectivity index (χ1v) is 7.52. The average molecular weight is 343 g/mol. The Balaban J connectivity index is 2.24. The van der Waals surface area contributed by atoms with Gasteiger partial charge in [0, 0.05) is 17.8 Å². The fourth-order valence-corrected chi connectivity index (χ4v) is 2.61. The molecule has 1 aromatic heterocycles. The molecule has 1 aliphatic rings. The van der Waals surface area contributed by atoms with Crippen LogP contribution in [0.5, 0.6) is 5.75 Å². The number of aromatic amines is 1. The molecule has 0 bridgehead atoms. The molecule has 25 heavy (non-hydrogen) atoms. The maximum Gasteiger partial charge on any atom is 0.333 e. The van der Waals surface area contributed by atoms with Crippen molar-refractivity contribution in [2.45, 2.75) is 13.3 Å². The van der Waals surface area contributed by atoms with Gasteiger partial charge in [0.05, 0.1) is 17.9 Å². The number of hydrogen-bond acceptors (Lipinski definition) is 4. The van der Waals surface area contributed by atoms with E-state index in [1.54, 1.807) is 6.92 Å². The van der Waals surface area contributed by atoms with Crippen molar-refractivity contribution >= 4 is 11.6 Å². The summed E-state index contributed by atoms with van der Waals surface area (Å²) < 4.78 is 20.4. The van der Waals surface area contributed by atoms with Crippen LogP contribution in [0.1, 0.15) is 12.6 Å². The van der Waals surface area contributed by atoms with Gasteiger partial charge in [0.15, 0.2) is 12.4 Å². The van der Waals surface area contributed by atoms with Crippen molar-refractivity contribution in [2.24, 2.45) is 0 Å². The van der Waals surface area contributed by atoms with E-state index in [4.69, 9.17) is 11.2 Å². The first-order chi connectivity index (χ1) is 12.0. The van der Waals surface area contributed by atoms with E-state index in [2.05, 4.69) is 10.9 Å². The van der Waals surface area contributed by atoms with E-state index >= 15 is 0 Å². The summed E-state index contributed by atoms with van der Waals surface area (Å²) in [6.45, 7) is 1.47. The smallest absolute Gasteiger partial charge is 0.333 e. The van der Waals surface area contributed by atoms with Crippen LogP contribution in [0.2, 0.25) is 0 Å². The number of halogens is 1. The molecule has 0 atom stereocenters. The van der Waals surface area contributed by atoms with Crippen LogP contribution in [0.4, 0.5) is 10.1 Å². The lowest BCUT2D eigenvalue weighted by molar-refractivity contribution is -0.121. The lowest BCUT2D eigenvalue weighted by Gasteiger charge is -2.28. The molecule has 1 N–H and O–H groups in total. The van der Waals surface area contributed by atoms with E-state index in [0.29, 0.717) is 16.7 Å². The third-order valence-corrected chi connectivity index (χ3v) is 3.83. The second-order valence-corrected chi connectivity index (χ2v) is 5.37. The number of amides is 1. The van der Waals surface area contributed by atoms with E-state index in [9.17, 15) is 18.8 Å². The van der Waals surface area contributed by atoms with Crippen LogP contribution in [-0.4, -0.2) is 28.6 Å². The van der Waals surface area contributed by atoms with Crippen molar-refractivity contribution in [2.75, 3.05) is 18.1 Å². The quantitative estimate of drug-likeness (QED) is 0.827. The van der Waals surface area contributed by atoms with E-state index in [1.165, 1.54) is 17.0 Å². The number of H-pyrrole nitrogens is 1. The van der Waals surface area contributed by atoms with Crippen LogP contribution in [-0.2, 0) is 11.2 Å². The highest BCUT2D eigenvalue weighted by atomic mass is 19.1. The van der Waals surface area contributed by atoms with Crippen molar-refractivity contribution in [1.29, 1.82) is 0 Å². The number of terminal acetylenes is 1. The molecule has 2 aromatic rings. The minimum Gasteiger partial charge on any atom is -0.481 e. The zero-order valence-electron chi connectivity index (χ0n) is 13.3. The maximum absolute atomic E-state index is 14.5. The number of nitrogens with one attached hydrogen (secondary N) is 1. The molecule has 1 aliphatic heterocycles. The van der Waals surface area contributed by atoms with E-state index in [-0.39, 0.29) is 30.3 Å². The zero-order chi connectivity index (χ0) is 18.1. The molecule has 0 radical (unpaired) electrons. The van der Waals surface area contributed by atoms with Crippen molar-refractivity contribution in [3.8, 4) is 23.8 Å². The normalized spacial score (nSPS) is 13.2. The van der Waals surface area contributed by atoms with Crippen LogP contribution < -0.4 is 20.9 Å². The molecule has 1 amide bonds. The molecule has 8 heteroatoms. The Morgan fingerprint density at radius 2 is 2.04 bits per heavy atom. The summed E-state index contributed by atoms with van der Waals surface area (Å²) in [6, 6.07) is 3.46. The lowest BCUT2D eigenvalue weighted by Crippen LogP contribution is -2.40. The molecule has 7 nitrogen and oxygen atoms in total. The number of rotatable bonds is 3. The molecule has 3 rings (SSSR count). The topological polar surface area (TPSA) is 84.4 Å². The van der Waals surface area contributed by atoms with Crippen LogP contribution in [0.25, 0.3) is 5.69 Å². The van der Waals surface area contributed by atoms with Gasteiger partial charge in [-0.15, -0.1) is 6.42 Å². The summed E-state index contributed by atoms with van der Waals surface area (Å²) >= 11 is 0. The molecule has 128 valence electrons. The van der Waals surface area contributed by atoms with Crippen molar-refractivity contribution in [3.63, 3.8) is 0 Å². The fraction of sp³-hybridized carbons (Fsp3) is 0.235. The van der Waals surface area contributed by atoms with Crippen LogP contribution >= 0.6 is 0 Å². The average Bonchev–Trinajstić information content (AvgIpc) is 2.57. The van der Waals surface area contributed by atoms with Crippen LogP contribution in [0.3, 0.4) is 0 Å². The van der Waals surface area contributed by atoms with Crippen molar-refractivity contribution < 1.29 is 13.9 Å². The molecule has 0 spiro atoms. The molecule has 0 saturated carbocycles. The molecule has 0 saturated heterocycles. The Bertz CT molecular complexity index is 985. The number of carbonyl (C=O) groups excluding carboxylic acids is 1. The summed E-state index contributed by atoms with van der Waals surface area (Å²) in [7, 11) is 0. The van der Waals surface area contributed by atoms with Crippen molar-refractivity contribution in [1.82, 2.24) is 9.55 Å². The number of aromatic nitrogens is 2. The Hall–Kier alpha value is -3.34. The number of nitrogens with zero attached hydrogens (tertiary/aromatic N) is 2. The standard InChI is InChI=1S/C17H14FN3O4/c1-3-5-20-13-8-12(11(18)7-14(13)25-9-16(20)23)21-15(22)6-10(4-2)19-17(21)24/h1,6-8H,4-5,9H2,2H3,(H,19,24). The lowest BCUT2D eigenvalue weighted by atomic mass is 10.2. The summed E-state index contributed by atoms with van der Waals surface area (Å²) in [6.07, 6.45) is 5.72. The first-order valence-electron chi connectivity index (χ1n) is 7.52. The van der Waals surface area contributed by atoms with Gasteiger partial charge < -0.3 is 9.72 Å². The minimum atomic E-state index is -0.828. The van der Waals surface area contributed by atoms with Crippen molar-refractivity contribution in [3.05, 3.63) is 50.5 Å². The third-order valence-electron chi connectivity index (χ3n) is 3.83. The number of aryl methyl sites for hydroxylation is 1. The predicted octanol–water partition coefficient (Wildman–Crippen LogP) is 0.586. The Labute approximate surface area is 141 Å². The number of fused-ring (bicyclic) bond motifs is 1. The number of benzene rings is 1. The van der Waals surface area contributed by atoms with Gasteiger partial charge in [-0.3, -0.25) is 14.5 Å². The SMILES string of the molecule is C#CCN1C(=O)COc2cc(F)c(-n3c(=O)cc(CC)[nH]c3=O)cc21. The number of hydrogen-bond donors (Lipinski definition) is 1. The zero-order valence-corrected chi connectivity index (χ0v) is 13.3. The fourth-order valence-electron chi connectivity index (χ4n) is 2.61. The van der Waals surface area contributed by atoms with Gasteiger partial charge in [-0.05, 0) is 12.5 Å². The second kappa shape index (κ2) is 6.28. The molecule has 0 unspecified atom stereocenters. The highest BCUT2D eigenvalue weighted by molar-refractivity contribution is 5.98. The van der Waals surface area contributed by atoms with Gasteiger partial charge in [-0.1, -0.05) is 12.8 Å². The predicted molar refractivity (Wildman–Crippen MR) is 88.7 cm³/mol. The monoisotopic (exact) mass is 343 g/mol. The van der Waals surface area contributed by atoms with Gasteiger partial charge in [0.25, 0.3) is 11.5 Å².